The summed E-state index contributed by atoms with van der Waals surface area (Å²) in [6.07, 6.45) is 0.996. The summed E-state index contributed by atoms with van der Waals surface area (Å²) >= 11 is 0. The molecule has 1 aromatic heterocycles. The van der Waals surface area contributed by atoms with E-state index in [9.17, 15) is 4.79 Å². The Kier molecular flexibility index (Phi) is 3.62. The molecule has 1 amide bonds. The van der Waals surface area contributed by atoms with Gasteiger partial charge in [0.2, 0.25) is 5.91 Å². The molecular formula is C22H22FN5O. The van der Waals surface area contributed by atoms with Gasteiger partial charge >= 0.3 is 0 Å². The maximum absolute atomic E-state index is 15.5. The van der Waals surface area contributed by atoms with Crippen LogP contribution in [0.25, 0.3) is 16.8 Å². The van der Waals surface area contributed by atoms with Crippen molar-refractivity contribution in [1.29, 1.82) is 0 Å². The quantitative estimate of drug-likeness (QED) is 0.651. The van der Waals surface area contributed by atoms with Crippen molar-refractivity contribution in [2.24, 2.45) is 0 Å². The molecule has 0 bridgehead atoms. The molecule has 7 heteroatoms. The molecular weight excluding hydrogens is 369 g/mol. The van der Waals surface area contributed by atoms with Crippen LogP contribution in [0, 0.1) is 19.7 Å². The number of anilines is 2. The number of halogens is 1. The van der Waals surface area contributed by atoms with Crippen molar-refractivity contribution in [3.05, 3.63) is 52.9 Å². The molecule has 2 aromatic carbocycles. The monoisotopic (exact) mass is 391 g/mol. The SMILES string of the molecule is Cc1c(-c2cccc3c2CCC(=O)N3)c(F)cc2c1-n1c(C)nnc1C(C)(C)N2. The summed E-state index contributed by atoms with van der Waals surface area (Å²) in [5, 5.41) is 14.9. The summed E-state index contributed by atoms with van der Waals surface area (Å²) in [6.45, 7) is 7.85. The Morgan fingerprint density at radius 3 is 2.72 bits per heavy atom. The largest absolute Gasteiger partial charge is 0.371 e. The van der Waals surface area contributed by atoms with Crippen LogP contribution >= 0.6 is 0 Å². The van der Waals surface area contributed by atoms with Crippen LogP contribution in [0.2, 0.25) is 0 Å². The van der Waals surface area contributed by atoms with Crippen molar-refractivity contribution in [2.45, 2.75) is 46.1 Å². The summed E-state index contributed by atoms with van der Waals surface area (Å²) in [6, 6.07) is 7.21. The van der Waals surface area contributed by atoms with Crippen LogP contribution in [-0.2, 0) is 16.8 Å². The third-order valence-electron chi connectivity index (χ3n) is 5.87. The van der Waals surface area contributed by atoms with Crippen molar-refractivity contribution in [1.82, 2.24) is 14.8 Å². The highest BCUT2D eigenvalue weighted by molar-refractivity contribution is 5.96. The van der Waals surface area contributed by atoms with Gasteiger partial charge < -0.3 is 10.6 Å². The Hall–Kier alpha value is -3.22. The molecule has 0 radical (unpaired) electrons. The standard InChI is InChI=1S/C22H22FN5O/c1-11-19(14-6-5-7-16-13(14)8-9-18(29)24-16)15(23)10-17-20(11)28-12(2)26-27-21(28)22(3,4)25-17/h5-7,10,25H,8-9H2,1-4H3,(H,24,29). The van der Waals surface area contributed by atoms with Crippen LogP contribution in [0.4, 0.5) is 15.8 Å². The van der Waals surface area contributed by atoms with Gasteiger partial charge in [-0.3, -0.25) is 9.36 Å². The van der Waals surface area contributed by atoms with Gasteiger partial charge in [0, 0.05) is 17.7 Å². The number of fused-ring (bicyclic) bond motifs is 4. The van der Waals surface area contributed by atoms with Gasteiger partial charge in [0.25, 0.3) is 0 Å². The Labute approximate surface area is 168 Å². The molecule has 0 saturated heterocycles. The van der Waals surface area contributed by atoms with Crippen molar-refractivity contribution in [3.8, 4) is 16.8 Å². The lowest BCUT2D eigenvalue weighted by Crippen LogP contribution is -2.36. The van der Waals surface area contributed by atoms with Crippen molar-refractivity contribution in [3.63, 3.8) is 0 Å². The molecule has 2 N–H and O–H groups in total. The molecule has 2 aliphatic rings. The minimum Gasteiger partial charge on any atom is -0.371 e. The zero-order chi connectivity index (χ0) is 20.5. The van der Waals surface area contributed by atoms with E-state index in [-0.39, 0.29) is 11.7 Å². The maximum atomic E-state index is 15.5. The lowest BCUT2D eigenvalue weighted by molar-refractivity contribution is -0.116. The predicted molar refractivity (Wildman–Crippen MR) is 110 cm³/mol. The van der Waals surface area contributed by atoms with E-state index < -0.39 is 5.54 Å². The number of carbonyl (C=O) groups excluding carboxylic acids is 1. The molecule has 3 aromatic rings. The average molecular weight is 391 g/mol. The summed E-state index contributed by atoms with van der Waals surface area (Å²) in [5.41, 5.74) is 5.05. The highest BCUT2D eigenvalue weighted by Crippen LogP contribution is 2.44. The van der Waals surface area contributed by atoms with Crippen molar-refractivity contribution < 1.29 is 9.18 Å². The zero-order valence-corrected chi connectivity index (χ0v) is 16.9. The van der Waals surface area contributed by atoms with E-state index in [2.05, 4.69) is 20.8 Å². The van der Waals surface area contributed by atoms with Crippen LogP contribution < -0.4 is 10.6 Å². The van der Waals surface area contributed by atoms with Crippen LogP contribution in [0.15, 0.2) is 24.3 Å². The molecule has 6 nitrogen and oxygen atoms in total. The first-order chi connectivity index (χ1) is 13.8. The van der Waals surface area contributed by atoms with Crippen molar-refractivity contribution in [2.75, 3.05) is 10.6 Å². The molecule has 0 saturated carbocycles. The van der Waals surface area contributed by atoms with Gasteiger partial charge in [-0.1, -0.05) is 12.1 Å². The number of hydrogen-bond donors (Lipinski definition) is 2. The minimum atomic E-state index is -0.467. The smallest absolute Gasteiger partial charge is 0.224 e. The fourth-order valence-corrected chi connectivity index (χ4v) is 4.57. The first-order valence-corrected chi connectivity index (χ1v) is 9.74. The molecule has 3 heterocycles. The number of aromatic nitrogens is 3. The highest BCUT2D eigenvalue weighted by atomic mass is 19.1. The number of nitrogens with zero attached hydrogens (tertiary/aromatic N) is 3. The second kappa shape index (κ2) is 5.89. The maximum Gasteiger partial charge on any atom is 0.224 e. The summed E-state index contributed by atoms with van der Waals surface area (Å²) in [5.74, 6) is 1.27. The highest BCUT2D eigenvalue weighted by Gasteiger charge is 2.36. The van der Waals surface area contributed by atoms with Gasteiger partial charge in [-0.2, -0.15) is 0 Å². The van der Waals surface area contributed by atoms with Gasteiger partial charge in [0.15, 0.2) is 5.82 Å². The molecule has 2 aliphatic heterocycles. The second-order valence-corrected chi connectivity index (χ2v) is 8.29. The third kappa shape index (κ3) is 2.50. The first kappa shape index (κ1) is 17.8. The normalized spacial score (nSPS) is 16.4. The molecule has 0 aliphatic carbocycles. The Balaban J connectivity index is 1.79. The Morgan fingerprint density at radius 1 is 1.14 bits per heavy atom. The van der Waals surface area contributed by atoms with E-state index in [0.717, 1.165) is 45.4 Å². The fraction of sp³-hybridized carbons (Fsp3) is 0.318. The average Bonchev–Trinajstić information content (AvgIpc) is 3.03. The van der Waals surface area contributed by atoms with Gasteiger partial charge in [-0.15, -0.1) is 10.2 Å². The topological polar surface area (TPSA) is 71.8 Å². The zero-order valence-electron chi connectivity index (χ0n) is 16.9. The number of hydrogen-bond acceptors (Lipinski definition) is 4. The summed E-state index contributed by atoms with van der Waals surface area (Å²) in [4.78, 5) is 11.8. The van der Waals surface area contributed by atoms with E-state index in [1.54, 1.807) is 6.07 Å². The van der Waals surface area contributed by atoms with E-state index in [1.807, 2.05) is 50.5 Å². The Morgan fingerprint density at radius 2 is 1.93 bits per heavy atom. The minimum absolute atomic E-state index is 0.00604. The third-order valence-corrected chi connectivity index (χ3v) is 5.87. The number of aryl methyl sites for hydroxylation is 1. The molecule has 5 rings (SSSR count). The van der Waals surface area contributed by atoms with Gasteiger partial charge in [-0.05, 0) is 62.9 Å². The number of carbonyl (C=O) groups is 1. The van der Waals surface area contributed by atoms with E-state index in [0.29, 0.717) is 18.4 Å². The summed E-state index contributed by atoms with van der Waals surface area (Å²) in [7, 11) is 0. The molecule has 29 heavy (non-hydrogen) atoms. The Bertz CT molecular complexity index is 1190. The number of rotatable bonds is 1. The molecule has 0 atom stereocenters. The van der Waals surface area contributed by atoms with Crippen molar-refractivity contribution >= 4 is 17.3 Å². The van der Waals surface area contributed by atoms with Crippen LogP contribution in [-0.4, -0.2) is 20.7 Å². The molecule has 0 fully saturated rings. The van der Waals surface area contributed by atoms with Crippen LogP contribution in [0.1, 0.15) is 43.0 Å². The molecule has 148 valence electrons. The van der Waals surface area contributed by atoms with Gasteiger partial charge in [-0.25, -0.2) is 4.39 Å². The van der Waals surface area contributed by atoms with E-state index >= 15 is 4.39 Å². The lowest BCUT2D eigenvalue weighted by Gasteiger charge is -2.35. The van der Waals surface area contributed by atoms with Crippen LogP contribution in [0.3, 0.4) is 0 Å². The van der Waals surface area contributed by atoms with Crippen LogP contribution in [0.5, 0.6) is 0 Å². The predicted octanol–water partition coefficient (Wildman–Crippen LogP) is 4.24. The lowest BCUT2D eigenvalue weighted by atomic mass is 9.88. The molecule has 0 unspecified atom stereocenters. The molecule has 0 spiro atoms. The fourth-order valence-electron chi connectivity index (χ4n) is 4.57. The van der Waals surface area contributed by atoms with E-state index in [1.165, 1.54) is 0 Å². The number of nitrogens with one attached hydrogen (secondary N) is 2. The number of amides is 1. The first-order valence-electron chi connectivity index (χ1n) is 9.74. The van der Waals surface area contributed by atoms with Gasteiger partial charge in [0.05, 0.1) is 16.9 Å². The van der Waals surface area contributed by atoms with E-state index in [4.69, 9.17) is 0 Å². The van der Waals surface area contributed by atoms with Gasteiger partial charge in [0.1, 0.15) is 11.6 Å². The summed E-state index contributed by atoms with van der Waals surface area (Å²) < 4.78 is 17.5. The number of benzene rings is 2. The second-order valence-electron chi connectivity index (χ2n) is 8.29.